The number of imidazole rings is 1. The van der Waals surface area contributed by atoms with Crippen LogP contribution in [0.25, 0.3) is 11.0 Å². The summed E-state index contributed by atoms with van der Waals surface area (Å²) in [5, 5.41) is 3.13. The van der Waals surface area contributed by atoms with Crippen molar-refractivity contribution in [3.63, 3.8) is 0 Å². The predicted octanol–water partition coefficient (Wildman–Crippen LogP) is 5.92. The summed E-state index contributed by atoms with van der Waals surface area (Å²) in [5.74, 6) is 0.934. The first-order valence-corrected chi connectivity index (χ1v) is 12.1. The maximum Gasteiger partial charge on any atom is 0.249 e. The molecule has 0 aliphatic carbocycles. The summed E-state index contributed by atoms with van der Waals surface area (Å²) in [7, 11) is 0. The highest BCUT2D eigenvalue weighted by molar-refractivity contribution is 5.81. The van der Waals surface area contributed by atoms with Crippen LogP contribution in [0.1, 0.15) is 96.3 Å². The van der Waals surface area contributed by atoms with Gasteiger partial charge in [0.2, 0.25) is 5.91 Å². The molecule has 2 atom stereocenters. The number of fused-ring (bicyclic) bond motifs is 1. The number of amides is 1. The molecule has 30 heavy (non-hydrogen) atoms. The number of hydrogen-bond acceptors (Lipinski definition) is 3. The number of ether oxygens (including phenoxy) is 1. The molecule has 0 radical (unpaired) electrons. The summed E-state index contributed by atoms with van der Waals surface area (Å²) >= 11 is 0. The Hall–Kier alpha value is -1.88. The van der Waals surface area contributed by atoms with Gasteiger partial charge in [-0.3, -0.25) is 4.79 Å². The lowest BCUT2D eigenvalue weighted by Crippen LogP contribution is -2.36. The van der Waals surface area contributed by atoms with Gasteiger partial charge >= 0.3 is 0 Å². The number of aryl methyl sites for hydroxylation is 1. The van der Waals surface area contributed by atoms with Gasteiger partial charge in [0.25, 0.3) is 0 Å². The second kappa shape index (κ2) is 12.1. The summed E-state index contributed by atoms with van der Waals surface area (Å²) in [6, 6.07) is 8.15. The summed E-state index contributed by atoms with van der Waals surface area (Å²) < 4.78 is 7.84. The monoisotopic (exact) mass is 413 g/mol. The molecule has 5 heteroatoms. The average Bonchev–Trinajstić information content (AvgIpc) is 3.41. The highest BCUT2D eigenvalue weighted by Gasteiger charge is 2.26. The van der Waals surface area contributed by atoms with Crippen molar-refractivity contribution in [3.8, 4) is 0 Å². The Balaban J connectivity index is 1.54. The van der Waals surface area contributed by atoms with Crippen LogP contribution in [0.4, 0.5) is 0 Å². The van der Waals surface area contributed by atoms with Crippen LogP contribution in [0, 0.1) is 0 Å². The number of carbonyl (C=O) groups is 1. The lowest BCUT2D eigenvalue weighted by molar-refractivity contribution is -0.130. The van der Waals surface area contributed by atoms with Gasteiger partial charge in [-0.1, -0.05) is 70.4 Å². The van der Waals surface area contributed by atoms with Crippen molar-refractivity contribution in [3.05, 3.63) is 30.1 Å². The van der Waals surface area contributed by atoms with Crippen molar-refractivity contribution in [1.82, 2.24) is 14.9 Å². The summed E-state index contributed by atoms with van der Waals surface area (Å²) in [6.07, 6.45) is 13.3. The molecule has 1 aliphatic rings. The predicted molar refractivity (Wildman–Crippen MR) is 122 cm³/mol. The molecular formula is C25H39N3O2. The van der Waals surface area contributed by atoms with Crippen molar-refractivity contribution in [1.29, 1.82) is 0 Å². The number of rotatable bonds is 13. The Morgan fingerprint density at radius 2 is 1.83 bits per heavy atom. The standard InChI is InChI=1S/C25H39N3O2/c1-3-4-5-6-7-8-9-10-13-18-28-22-16-12-11-15-21(22)27-24(28)20(2)26-25(29)23-17-14-19-30-23/h11-12,15-16,20,23H,3-10,13-14,17-19H2,1-2H3,(H,26,29). The average molecular weight is 414 g/mol. The number of nitrogens with zero attached hydrogens (tertiary/aromatic N) is 2. The zero-order valence-corrected chi connectivity index (χ0v) is 18.9. The Bertz CT molecular complexity index is 780. The van der Waals surface area contributed by atoms with E-state index in [1.54, 1.807) is 0 Å². The Morgan fingerprint density at radius 1 is 1.13 bits per heavy atom. The highest BCUT2D eigenvalue weighted by Crippen LogP contribution is 2.23. The Morgan fingerprint density at radius 3 is 2.53 bits per heavy atom. The molecule has 2 unspecified atom stereocenters. The number of unbranched alkanes of at least 4 members (excludes halogenated alkanes) is 8. The fourth-order valence-electron chi connectivity index (χ4n) is 4.40. The van der Waals surface area contributed by atoms with Gasteiger partial charge in [0.1, 0.15) is 11.9 Å². The zero-order valence-electron chi connectivity index (χ0n) is 18.9. The number of nitrogens with one attached hydrogen (secondary N) is 1. The number of para-hydroxylation sites is 2. The molecule has 1 aromatic heterocycles. The topological polar surface area (TPSA) is 56.2 Å². The van der Waals surface area contributed by atoms with Crippen molar-refractivity contribution >= 4 is 16.9 Å². The van der Waals surface area contributed by atoms with Gasteiger partial charge in [0.15, 0.2) is 0 Å². The quantitative estimate of drug-likeness (QED) is 0.414. The molecule has 0 spiro atoms. The SMILES string of the molecule is CCCCCCCCCCCn1c(C(C)NC(=O)C2CCCO2)nc2ccccc21. The van der Waals surface area contributed by atoms with Gasteiger partial charge < -0.3 is 14.6 Å². The van der Waals surface area contributed by atoms with E-state index in [-0.39, 0.29) is 18.1 Å². The zero-order chi connectivity index (χ0) is 21.2. The van der Waals surface area contributed by atoms with E-state index in [9.17, 15) is 4.79 Å². The van der Waals surface area contributed by atoms with Crippen LogP contribution >= 0.6 is 0 Å². The highest BCUT2D eigenvalue weighted by atomic mass is 16.5. The molecule has 1 aliphatic heterocycles. The lowest BCUT2D eigenvalue weighted by Gasteiger charge is -2.18. The van der Waals surface area contributed by atoms with E-state index in [0.29, 0.717) is 6.61 Å². The van der Waals surface area contributed by atoms with Gasteiger partial charge in [-0.15, -0.1) is 0 Å². The van der Waals surface area contributed by atoms with E-state index in [0.717, 1.165) is 42.7 Å². The second-order valence-corrected chi connectivity index (χ2v) is 8.67. The van der Waals surface area contributed by atoms with Gasteiger partial charge in [-0.2, -0.15) is 0 Å². The number of benzene rings is 1. The molecule has 1 amide bonds. The molecule has 1 N–H and O–H groups in total. The molecule has 2 heterocycles. The van der Waals surface area contributed by atoms with Crippen molar-refractivity contribution in [2.45, 2.75) is 103 Å². The van der Waals surface area contributed by atoms with Crippen molar-refractivity contribution in [2.24, 2.45) is 0 Å². The van der Waals surface area contributed by atoms with E-state index in [4.69, 9.17) is 9.72 Å². The molecule has 0 bridgehead atoms. The van der Waals surface area contributed by atoms with E-state index in [1.807, 2.05) is 13.0 Å². The van der Waals surface area contributed by atoms with Crippen molar-refractivity contribution in [2.75, 3.05) is 6.61 Å². The van der Waals surface area contributed by atoms with Crippen LogP contribution in [-0.2, 0) is 16.1 Å². The smallest absolute Gasteiger partial charge is 0.249 e. The van der Waals surface area contributed by atoms with Crippen molar-refractivity contribution < 1.29 is 9.53 Å². The Kier molecular flexibility index (Phi) is 9.19. The maximum absolute atomic E-state index is 12.5. The maximum atomic E-state index is 12.5. The van der Waals surface area contributed by atoms with Crippen LogP contribution in [-0.4, -0.2) is 28.2 Å². The van der Waals surface area contributed by atoms with Gasteiger partial charge in [0, 0.05) is 13.2 Å². The number of hydrogen-bond donors (Lipinski definition) is 1. The fraction of sp³-hybridized carbons (Fsp3) is 0.680. The molecule has 3 rings (SSSR count). The molecule has 1 fully saturated rings. The third-order valence-corrected chi connectivity index (χ3v) is 6.14. The first-order valence-electron chi connectivity index (χ1n) is 12.1. The van der Waals surface area contributed by atoms with E-state index < -0.39 is 0 Å². The summed E-state index contributed by atoms with van der Waals surface area (Å²) in [5.41, 5.74) is 2.16. The van der Waals surface area contributed by atoms with Gasteiger partial charge in [-0.25, -0.2) is 4.98 Å². The molecular weight excluding hydrogens is 374 g/mol. The minimum absolute atomic E-state index is 0.0123. The van der Waals surface area contributed by atoms with Crippen LogP contribution in [0.3, 0.4) is 0 Å². The minimum atomic E-state index is -0.303. The van der Waals surface area contributed by atoms with Gasteiger partial charge in [0.05, 0.1) is 17.1 Å². The van der Waals surface area contributed by atoms with E-state index in [1.165, 1.54) is 51.4 Å². The largest absolute Gasteiger partial charge is 0.368 e. The number of carbonyl (C=O) groups excluding carboxylic acids is 1. The summed E-state index contributed by atoms with van der Waals surface area (Å²) in [6.45, 7) is 5.93. The number of aromatic nitrogens is 2. The molecule has 1 saturated heterocycles. The first-order chi connectivity index (χ1) is 14.7. The molecule has 166 valence electrons. The molecule has 0 saturated carbocycles. The molecule has 2 aromatic rings. The normalized spacial score (nSPS) is 17.5. The first kappa shape index (κ1) is 22.8. The third kappa shape index (κ3) is 6.31. The molecule has 1 aromatic carbocycles. The third-order valence-electron chi connectivity index (χ3n) is 6.14. The Labute approximate surface area is 181 Å². The molecule has 5 nitrogen and oxygen atoms in total. The fourth-order valence-corrected chi connectivity index (χ4v) is 4.40. The summed E-state index contributed by atoms with van der Waals surface area (Å²) in [4.78, 5) is 17.4. The second-order valence-electron chi connectivity index (χ2n) is 8.67. The minimum Gasteiger partial charge on any atom is -0.368 e. The van der Waals surface area contributed by atoms with Crippen LogP contribution in [0.2, 0.25) is 0 Å². The van der Waals surface area contributed by atoms with Crippen LogP contribution in [0.15, 0.2) is 24.3 Å². The lowest BCUT2D eigenvalue weighted by atomic mass is 10.1. The van der Waals surface area contributed by atoms with Gasteiger partial charge in [-0.05, 0) is 38.3 Å². The van der Waals surface area contributed by atoms with Crippen LogP contribution < -0.4 is 5.32 Å². The van der Waals surface area contributed by atoms with E-state index in [2.05, 4.69) is 35.0 Å². The van der Waals surface area contributed by atoms with E-state index >= 15 is 0 Å². The van der Waals surface area contributed by atoms with Crippen LogP contribution in [0.5, 0.6) is 0 Å².